The second kappa shape index (κ2) is 8.95. The summed E-state index contributed by atoms with van der Waals surface area (Å²) in [6.45, 7) is 0.459. The minimum Gasteiger partial charge on any atom is -0.483 e. The first-order valence-electron chi connectivity index (χ1n) is 14.2. The molecule has 3 heterocycles. The van der Waals surface area contributed by atoms with E-state index in [4.69, 9.17) is 9.72 Å². The van der Waals surface area contributed by atoms with Crippen molar-refractivity contribution in [3.63, 3.8) is 0 Å². The van der Waals surface area contributed by atoms with Crippen LogP contribution < -0.4 is 4.74 Å². The monoisotopic (exact) mass is 539 g/mol. The maximum atomic E-state index is 6.00. The molecule has 6 aromatic carbocycles. The summed E-state index contributed by atoms with van der Waals surface area (Å²) in [6, 6.07) is 49.6. The lowest BCUT2D eigenvalue weighted by molar-refractivity contribution is 0.280. The minimum atomic E-state index is 0.459. The summed E-state index contributed by atoms with van der Waals surface area (Å²) < 4.78 is 10.6. The second-order valence-corrected chi connectivity index (χ2v) is 10.8. The molecule has 4 nitrogen and oxygen atoms in total. The topological polar surface area (TPSA) is 32.0 Å². The molecule has 0 fully saturated rings. The lowest BCUT2D eigenvalue weighted by Crippen LogP contribution is -2.12. The first-order valence-corrected chi connectivity index (χ1v) is 14.2. The molecule has 0 radical (unpaired) electrons. The Morgan fingerprint density at radius 2 is 1.10 bits per heavy atom. The van der Waals surface area contributed by atoms with Gasteiger partial charge in [0.15, 0.2) is 5.82 Å². The van der Waals surface area contributed by atoms with Gasteiger partial charge in [-0.3, -0.25) is 4.57 Å². The van der Waals surface area contributed by atoms with Crippen LogP contribution in [0.5, 0.6) is 5.75 Å². The van der Waals surface area contributed by atoms with E-state index in [0.29, 0.717) is 6.61 Å². The maximum absolute atomic E-state index is 6.00. The maximum Gasteiger partial charge on any atom is 0.152 e. The molecule has 0 amide bonds. The van der Waals surface area contributed by atoms with E-state index >= 15 is 0 Å². The number of para-hydroxylation sites is 2. The number of fused-ring (bicyclic) bond motifs is 8. The molecule has 0 atom stereocenters. The van der Waals surface area contributed by atoms with Crippen molar-refractivity contribution in [1.82, 2.24) is 14.1 Å². The van der Waals surface area contributed by atoms with Gasteiger partial charge in [0.2, 0.25) is 0 Å². The Balaban J connectivity index is 1.28. The van der Waals surface area contributed by atoms with Crippen molar-refractivity contribution in [3.8, 4) is 39.4 Å². The van der Waals surface area contributed by atoms with Crippen molar-refractivity contribution in [1.29, 1.82) is 0 Å². The van der Waals surface area contributed by atoms with Gasteiger partial charge in [0.05, 0.1) is 27.8 Å². The highest BCUT2D eigenvalue weighted by Crippen LogP contribution is 2.39. The fourth-order valence-corrected chi connectivity index (χ4v) is 6.45. The highest BCUT2D eigenvalue weighted by Gasteiger charge is 2.22. The van der Waals surface area contributed by atoms with E-state index in [9.17, 15) is 0 Å². The molecule has 0 saturated carbocycles. The van der Waals surface area contributed by atoms with Gasteiger partial charge in [-0.15, -0.1) is 0 Å². The molecule has 1 aliphatic rings. The van der Waals surface area contributed by atoms with E-state index in [0.717, 1.165) is 34.0 Å². The van der Waals surface area contributed by atoms with Crippen molar-refractivity contribution in [2.24, 2.45) is 0 Å². The van der Waals surface area contributed by atoms with Crippen LogP contribution in [0.3, 0.4) is 0 Å². The molecule has 0 bridgehead atoms. The molecule has 0 unspecified atom stereocenters. The van der Waals surface area contributed by atoms with Crippen molar-refractivity contribution >= 4 is 32.8 Å². The zero-order chi connectivity index (χ0) is 27.6. The molecule has 0 N–H and O–H groups in total. The molecule has 0 saturated heterocycles. The molecule has 4 heteroatoms. The predicted molar refractivity (Wildman–Crippen MR) is 171 cm³/mol. The Morgan fingerprint density at radius 3 is 1.76 bits per heavy atom. The van der Waals surface area contributed by atoms with Crippen molar-refractivity contribution in [2.75, 3.05) is 0 Å². The van der Waals surface area contributed by atoms with E-state index in [1.165, 1.54) is 44.1 Å². The number of rotatable bonds is 3. The van der Waals surface area contributed by atoms with E-state index in [2.05, 4.69) is 130 Å². The van der Waals surface area contributed by atoms with Crippen LogP contribution in [0.2, 0.25) is 0 Å². The number of ether oxygens (including phenoxy) is 1. The van der Waals surface area contributed by atoms with Crippen LogP contribution in [0, 0.1) is 0 Å². The lowest BCUT2D eigenvalue weighted by atomic mass is 10.0. The second-order valence-electron chi connectivity index (χ2n) is 10.8. The molecule has 0 spiro atoms. The van der Waals surface area contributed by atoms with Gasteiger partial charge in [0.1, 0.15) is 12.4 Å². The standard InChI is InChI=1S/C38H25N3O/c1-3-9-25(10-4-1)27-15-18-33-30(21-27)31-22-28(26-11-5-2-6-12-26)16-19-34(31)40(33)29-17-20-35-32(23-29)39-38-24-42-37-14-8-7-13-36(37)41(35)38/h1-23H,24H2. The summed E-state index contributed by atoms with van der Waals surface area (Å²) in [4.78, 5) is 5.01. The number of nitrogens with zero attached hydrogens (tertiary/aromatic N) is 3. The minimum absolute atomic E-state index is 0.459. The molecule has 198 valence electrons. The molecule has 1 aliphatic heterocycles. The number of hydrogen-bond acceptors (Lipinski definition) is 2. The van der Waals surface area contributed by atoms with Crippen molar-refractivity contribution in [3.05, 3.63) is 145 Å². The molecular formula is C38H25N3O. The molecule has 2 aromatic heterocycles. The van der Waals surface area contributed by atoms with Gasteiger partial charge >= 0.3 is 0 Å². The fraction of sp³-hybridized carbons (Fsp3) is 0.0263. The normalized spacial score (nSPS) is 12.4. The zero-order valence-corrected chi connectivity index (χ0v) is 22.7. The molecule has 0 aliphatic carbocycles. The summed E-state index contributed by atoms with van der Waals surface area (Å²) in [5.74, 6) is 1.81. The van der Waals surface area contributed by atoms with Crippen LogP contribution in [-0.2, 0) is 6.61 Å². The Morgan fingerprint density at radius 1 is 0.500 bits per heavy atom. The van der Waals surface area contributed by atoms with Crippen LogP contribution in [-0.4, -0.2) is 14.1 Å². The fourth-order valence-electron chi connectivity index (χ4n) is 6.45. The smallest absolute Gasteiger partial charge is 0.152 e. The number of imidazole rings is 1. The molecule has 8 aromatic rings. The van der Waals surface area contributed by atoms with Gasteiger partial charge in [0, 0.05) is 16.5 Å². The van der Waals surface area contributed by atoms with Crippen molar-refractivity contribution in [2.45, 2.75) is 6.61 Å². The SMILES string of the molecule is c1ccc(-c2ccc3c(c2)c2cc(-c4ccccc4)ccc2n3-c2ccc3c(c2)nc2n3-c3ccccc3OC2)cc1. The van der Waals surface area contributed by atoms with Crippen LogP contribution in [0.4, 0.5) is 0 Å². The quantitative estimate of drug-likeness (QED) is 0.224. The highest BCUT2D eigenvalue weighted by atomic mass is 16.5. The number of hydrogen-bond donors (Lipinski definition) is 0. The van der Waals surface area contributed by atoms with E-state index in [1.54, 1.807) is 0 Å². The summed E-state index contributed by atoms with van der Waals surface area (Å²) in [5.41, 5.74) is 11.4. The third-order valence-corrected chi connectivity index (χ3v) is 8.41. The summed E-state index contributed by atoms with van der Waals surface area (Å²) in [7, 11) is 0. The van der Waals surface area contributed by atoms with E-state index < -0.39 is 0 Å². The van der Waals surface area contributed by atoms with Crippen molar-refractivity contribution < 1.29 is 4.74 Å². The third kappa shape index (κ3) is 3.45. The van der Waals surface area contributed by atoms with E-state index in [1.807, 2.05) is 18.2 Å². The van der Waals surface area contributed by atoms with Gasteiger partial charge in [-0.1, -0.05) is 84.9 Å². The Hall–Kier alpha value is -5.61. The van der Waals surface area contributed by atoms with Crippen LogP contribution >= 0.6 is 0 Å². The Kier molecular flexibility index (Phi) is 4.93. The third-order valence-electron chi connectivity index (χ3n) is 8.41. The first kappa shape index (κ1) is 23.1. The highest BCUT2D eigenvalue weighted by molar-refractivity contribution is 6.11. The van der Waals surface area contributed by atoms with Gasteiger partial charge in [-0.2, -0.15) is 0 Å². The summed E-state index contributed by atoms with van der Waals surface area (Å²) >= 11 is 0. The van der Waals surface area contributed by atoms with Gasteiger partial charge < -0.3 is 9.30 Å². The molecular weight excluding hydrogens is 514 g/mol. The molecule has 42 heavy (non-hydrogen) atoms. The Labute approximate surface area is 242 Å². The lowest BCUT2D eigenvalue weighted by Gasteiger charge is -2.19. The average Bonchev–Trinajstić information content (AvgIpc) is 3.60. The predicted octanol–water partition coefficient (Wildman–Crippen LogP) is 9.35. The van der Waals surface area contributed by atoms with E-state index in [-0.39, 0.29) is 0 Å². The number of aromatic nitrogens is 3. The van der Waals surface area contributed by atoms with Crippen LogP contribution in [0.25, 0.3) is 66.5 Å². The van der Waals surface area contributed by atoms with Gasteiger partial charge in [-0.25, -0.2) is 4.98 Å². The summed E-state index contributed by atoms with van der Waals surface area (Å²) in [5, 5.41) is 2.46. The van der Waals surface area contributed by atoms with Gasteiger partial charge in [0.25, 0.3) is 0 Å². The Bertz CT molecular complexity index is 2200. The zero-order valence-electron chi connectivity index (χ0n) is 22.7. The first-order chi connectivity index (χ1) is 20.8. The van der Waals surface area contributed by atoms with Gasteiger partial charge in [-0.05, 0) is 76.9 Å². The average molecular weight is 540 g/mol. The molecule has 9 rings (SSSR count). The van der Waals surface area contributed by atoms with Crippen LogP contribution in [0.15, 0.2) is 140 Å². The largest absolute Gasteiger partial charge is 0.483 e. The van der Waals surface area contributed by atoms with Crippen LogP contribution in [0.1, 0.15) is 5.82 Å². The summed E-state index contributed by atoms with van der Waals surface area (Å²) in [6.07, 6.45) is 0. The number of benzene rings is 6.